The lowest BCUT2D eigenvalue weighted by molar-refractivity contribution is -0.128. The number of piperazine rings is 1. The van der Waals surface area contributed by atoms with Crippen LogP contribution >= 0.6 is 11.8 Å². The van der Waals surface area contributed by atoms with Gasteiger partial charge >= 0.3 is 0 Å². The second-order valence-corrected chi connectivity index (χ2v) is 7.79. The van der Waals surface area contributed by atoms with E-state index < -0.39 is 0 Å². The van der Waals surface area contributed by atoms with Crippen molar-refractivity contribution in [3.63, 3.8) is 0 Å². The fourth-order valence-corrected chi connectivity index (χ4v) is 4.07. The highest BCUT2D eigenvalue weighted by Crippen LogP contribution is 2.21. The van der Waals surface area contributed by atoms with Crippen molar-refractivity contribution in [1.29, 1.82) is 0 Å². The van der Waals surface area contributed by atoms with E-state index in [1.165, 1.54) is 23.9 Å². The molecule has 2 heterocycles. The summed E-state index contributed by atoms with van der Waals surface area (Å²) in [5.41, 5.74) is 2.96. The molecule has 0 aliphatic carbocycles. The Balaban J connectivity index is 1.32. The molecule has 1 aliphatic rings. The third kappa shape index (κ3) is 4.56. The SMILES string of the molecule is Cc1cccc(-n2nnnc2SCC(=O)N2CCN(c3ccc(F)cc3)CC2)c1. The van der Waals surface area contributed by atoms with Crippen molar-refractivity contribution in [1.82, 2.24) is 25.1 Å². The fourth-order valence-electron chi connectivity index (χ4n) is 3.27. The lowest BCUT2D eigenvalue weighted by Crippen LogP contribution is -2.49. The second kappa shape index (κ2) is 8.60. The predicted octanol–water partition coefficient (Wildman–Crippen LogP) is 2.55. The molecule has 7 nitrogen and oxygen atoms in total. The molecule has 1 aromatic heterocycles. The molecule has 29 heavy (non-hydrogen) atoms. The van der Waals surface area contributed by atoms with Crippen LogP contribution in [0.5, 0.6) is 0 Å². The maximum Gasteiger partial charge on any atom is 0.233 e. The van der Waals surface area contributed by atoms with Gasteiger partial charge in [-0.2, -0.15) is 4.68 Å². The molecule has 1 aliphatic heterocycles. The Bertz CT molecular complexity index is 985. The number of anilines is 1. The molecule has 3 aromatic rings. The van der Waals surface area contributed by atoms with Gasteiger partial charge in [-0.25, -0.2) is 4.39 Å². The highest BCUT2D eigenvalue weighted by molar-refractivity contribution is 7.99. The summed E-state index contributed by atoms with van der Waals surface area (Å²) in [6.45, 7) is 4.74. The number of benzene rings is 2. The standard InChI is InChI=1S/C20H21FN6OS/c1-15-3-2-4-18(13-15)27-20(22-23-24-27)29-14-19(28)26-11-9-25(10-12-26)17-7-5-16(21)6-8-17/h2-8,13H,9-12,14H2,1H3. The molecule has 0 atom stereocenters. The van der Waals surface area contributed by atoms with E-state index in [0.717, 1.165) is 30.0 Å². The summed E-state index contributed by atoms with van der Waals surface area (Å²) >= 11 is 1.34. The van der Waals surface area contributed by atoms with Crippen LogP contribution in [0.25, 0.3) is 5.69 Å². The van der Waals surface area contributed by atoms with Gasteiger partial charge in [0.1, 0.15) is 5.82 Å². The zero-order chi connectivity index (χ0) is 20.2. The van der Waals surface area contributed by atoms with E-state index in [-0.39, 0.29) is 17.5 Å². The predicted molar refractivity (Wildman–Crippen MR) is 110 cm³/mol. The lowest BCUT2D eigenvalue weighted by atomic mass is 10.2. The molecule has 0 bridgehead atoms. The monoisotopic (exact) mass is 412 g/mol. The van der Waals surface area contributed by atoms with E-state index in [9.17, 15) is 9.18 Å². The highest BCUT2D eigenvalue weighted by Gasteiger charge is 2.22. The molecule has 1 saturated heterocycles. The molecular formula is C20H21FN6OS. The number of amides is 1. The summed E-state index contributed by atoms with van der Waals surface area (Å²) in [6.07, 6.45) is 0. The van der Waals surface area contributed by atoms with Gasteiger partial charge in [0.2, 0.25) is 11.1 Å². The van der Waals surface area contributed by atoms with Crippen molar-refractivity contribution in [3.05, 3.63) is 59.9 Å². The van der Waals surface area contributed by atoms with Gasteiger partial charge in [0.25, 0.3) is 0 Å². The summed E-state index contributed by atoms with van der Waals surface area (Å²) in [4.78, 5) is 16.7. The first kappa shape index (κ1) is 19.4. The third-order valence-electron chi connectivity index (χ3n) is 4.84. The number of carbonyl (C=O) groups is 1. The van der Waals surface area contributed by atoms with E-state index >= 15 is 0 Å². The topological polar surface area (TPSA) is 67.2 Å². The number of aromatic nitrogens is 4. The molecule has 0 saturated carbocycles. The van der Waals surface area contributed by atoms with Gasteiger partial charge in [0, 0.05) is 31.9 Å². The zero-order valence-electron chi connectivity index (χ0n) is 16.0. The first-order valence-corrected chi connectivity index (χ1v) is 10.4. The largest absolute Gasteiger partial charge is 0.368 e. The Labute approximate surface area is 172 Å². The van der Waals surface area contributed by atoms with Gasteiger partial charge in [-0.05, 0) is 59.3 Å². The Morgan fingerprint density at radius 2 is 1.83 bits per heavy atom. The molecule has 1 fully saturated rings. The number of carbonyl (C=O) groups excluding carboxylic acids is 1. The zero-order valence-corrected chi connectivity index (χ0v) is 16.8. The van der Waals surface area contributed by atoms with Gasteiger partial charge in [0.05, 0.1) is 11.4 Å². The van der Waals surface area contributed by atoms with Gasteiger partial charge in [-0.3, -0.25) is 4.79 Å². The van der Waals surface area contributed by atoms with Gasteiger partial charge in [-0.15, -0.1) is 5.10 Å². The molecule has 1 amide bonds. The van der Waals surface area contributed by atoms with Crippen LogP contribution in [0.4, 0.5) is 10.1 Å². The smallest absolute Gasteiger partial charge is 0.233 e. The van der Waals surface area contributed by atoms with Crippen LogP contribution in [0.15, 0.2) is 53.7 Å². The number of hydrogen-bond donors (Lipinski definition) is 0. The average Bonchev–Trinajstić information content (AvgIpc) is 3.21. The van der Waals surface area contributed by atoms with E-state index in [1.54, 1.807) is 16.8 Å². The van der Waals surface area contributed by atoms with Crippen LogP contribution in [0.2, 0.25) is 0 Å². The minimum Gasteiger partial charge on any atom is -0.368 e. The van der Waals surface area contributed by atoms with E-state index in [0.29, 0.717) is 18.2 Å². The Kier molecular flexibility index (Phi) is 5.75. The Morgan fingerprint density at radius 3 is 2.55 bits per heavy atom. The Morgan fingerprint density at radius 1 is 1.07 bits per heavy atom. The van der Waals surface area contributed by atoms with Crippen LogP contribution in [0.3, 0.4) is 0 Å². The quantitative estimate of drug-likeness (QED) is 0.600. The second-order valence-electron chi connectivity index (χ2n) is 6.85. The molecule has 0 spiro atoms. The first-order valence-electron chi connectivity index (χ1n) is 9.37. The first-order chi connectivity index (χ1) is 14.1. The van der Waals surface area contributed by atoms with Crippen LogP contribution in [0.1, 0.15) is 5.56 Å². The maximum absolute atomic E-state index is 13.1. The van der Waals surface area contributed by atoms with Crippen molar-refractivity contribution >= 4 is 23.4 Å². The van der Waals surface area contributed by atoms with E-state index in [2.05, 4.69) is 20.4 Å². The van der Waals surface area contributed by atoms with Crippen molar-refractivity contribution in [2.75, 3.05) is 36.8 Å². The van der Waals surface area contributed by atoms with Gasteiger partial charge in [-0.1, -0.05) is 23.9 Å². The molecule has 0 unspecified atom stereocenters. The summed E-state index contributed by atoms with van der Waals surface area (Å²) in [6, 6.07) is 14.4. The van der Waals surface area contributed by atoms with Crippen LogP contribution < -0.4 is 4.90 Å². The summed E-state index contributed by atoms with van der Waals surface area (Å²) in [5, 5.41) is 12.4. The van der Waals surface area contributed by atoms with Crippen molar-refractivity contribution in [2.45, 2.75) is 12.1 Å². The van der Waals surface area contributed by atoms with E-state index in [1.807, 2.05) is 36.1 Å². The molecule has 2 aromatic carbocycles. The van der Waals surface area contributed by atoms with Crippen LogP contribution in [-0.2, 0) is 4.79 Å². The summed E-state index contributed by atoms with van der Waals surface area (Å²) in [7, 11) is 0. The number of aryl methyl sites for hydroxylation is 1. The third-order valence-corrected chi connectivity index (χ3v) is 5.74. The number of thioether (sulfide) groups is 1. The highest BCUT2D eigenvalue weighted by atomic mass is 32.2. The molecule has 4 rings (SSSR count). The minimum absolute atomic E-state index is 0.0625. The van der Waals surface area contributed by atoms with Gasteiger partial charge < -0.3 is 9.80 Å². The Hall–Kier alpha value is -2.94. The normalized spacial score (nSPS) is 14.3. The molecule has 150 valence electrons. The van der Waals surface area contributed by atoms with Gasteiger partial charge in [0.15, 0.2) is 0 Å². The minimum atomic E-state index is -0.243. The van der Waals surface area contributed by atoms with Crippen molar-refractivity contribution < 1.29 is 9.18 Å². The van der Waals surface area contributed by atoms with Crippen molar-refractivity contribution in [2.24, 2.45) is 0 Å². The molecule has 0 radical (unpaired) electrons. The van der Waals surface area contributed by atoms with Crippen LogP contribution in [-0.4, -0.2) is 62.9 Å². The number of hydrogen-bond acceptors (Lipinski definition) is 6. The van der Waals surface area contributed by atoms with Crippen molar-refractivity contribution in [3.8, 4) is 5.69 Å². The molecule has 0 N–H and O–H groups in total. The summed E-state index contributed by atoms with van der Waals surface area (Å²) < 4.78 is 14.7. The fraction of sp³-hybridized carbons (Fsp3) is 0.300. The lowest BCUT2D eigenvalue weighted by Gasteiger charge is -2.36. The van der Waals surface area contributed by atoms with Crippen LogP contribution in [0, 0.1) is 12.7 Å². The summed E-state index contributed by atoms with van der Waals surface area (Å²) in [5.74, 6) is 0.100. The maximum atomic E-state index is 13.1. The number of tetrazole rings is 1. The average molecular weight is 412 g/mol. The van der Waals surface area contributed by atoms with E-state index in [4.69, 9.17) is 0 Å². The molecule has 9 heteroatoms. The number of nitrogens with zero attached hydrogens (tertiary/aromatic N) is 6. The molecular weight excluding hydrogens is 391 g/mol. The number of rotatable bonds is 5. The number of halogens is 1.